The Kier molecular flexibility index (Phi) is 6.79. The molecule has 18 heavy (non-hydrogen) atoms. The van der Waals surface area contributed by atoms with E-state index in [1.807, 2.05) is 6.92 Å². The third-order valence-electron chi connectivity index (χ3n) is 2.56. The summed E-state index contributed by atoms with van der Waals surface area (Å²) in [6.45, 7) is 6.72. The fourth-order valence-corrected chi connectivity index (χ4v) is 2.78. The molecule has 0 saturated carbocycles. The molecule has 0 fully saturated rings. The summed E-state index contributed by atoms with van der Waals surface area (Å²) < 4.78 is 6.24. The van der Waals surface area contributed by atoms with Crippen LogP contribution in [0.5, 0.6) is 0 Å². The number of thioether (sulfide) groups is 1. The summed E-state index contributed by atoms with van der Waals surface area (Å²) >= 11 is 5.04. The van der Waals surface area contributed by atoms with Crippen molar-refractivity contribution in [2.24, 2.45) is 0 Å². The zero-order valence-corrected chi connectivity index (χ0v) is 13.5. The van der Waals surface area contributed by atoms with Gasteiger partial charge in [0, 0.05) is 9.37 Å². The van der Waals surface area contributed by atoms with Crippen molar-refractivity contribution >= 4 is 33.7 Å². The van der Waals surface area contributed by atoms with Crippen LogP contribution in [0.2, 0.25) is 0 Å². The summed E-state index contributed by atoms with van der Waals surface area (Å²) in [5.74, 6) is 0.249. The Morgan fingerprint density at radius 1 is 1.33 bits per heavy atom. The molecule has 4 heteroatoms. The molecule has 1 rings (SSSR count). The van der Waals surface area contributed by atoms with Gasteiger partial charge in [-0.15, -0.1) is 11.8 Å². The number of unbranched alkanes of at least 4 members (excludes halogenated alkanes) is 1. The fraction of sp³-hybridized carbons (Fsp3) is 0.500. The smallest absolute Gasteiger partial charge is 0.316 e. The Bertz CT molecular complexity index is 419. The second-order valence-electron chi connectivity index (χ2n) is 4.23. The molecule has 0 atom stereocenters. The second kappa shape index (κ2) is 7.85. The van der Waals surface area contributed by atoms with Crippen LogP contribution in [0.3, 0.4) is 0 Å². The predicted molar refractivity (Wildman–Crippen MR) is 80.2 cm³/mol. The number of benzene rings is 1. The average Bonchev–Trinajstić information content (AvgIpc) is 2.32. The van der Waals surface area contributed by atoms with Gasteiger partial charge >= 0.3 is 5.97 Å². The second-order valence-corrected chi connectivity index (χ2v) is 6.10. The summed E-state index contributed by atoms with van der Waals surface area (Å²) in [7, 11) is 0. The topological polar surface area (TPSA) is 26.3 Å². The number of halogens is 1. The summed E-state index contributed by atoms with van der Waals surface area (Å²) in [6, 6.07) is 4.18. The first kappa shape index (κ1) is 15.6. The van der Waals surface area contributed by atoms with Crippen LogP contribution in [0.25, 0.3) is 0 Å². The van der Waals surface area contributed by atoms with Gasteiger partial charge in [0.1, 0.15) is 0 Å². The van der Waals surface area contributed by atoms with Gasteiger partial charge in [-0.3, -0.25) is 4.79 Å². The summed E-state index contributed by atoms with van der Waals surface area (Å²) in [6.07, 6.45) is 1.98. The van der Waals surface area contributed by atoms with Crippen molar-refractivity contribution in [2.75, 3.05) is 12.4 Å². The van der Waals surface area contributed by atoms with Gasteiger partial charge in [0.05, 0.1) is 12.4 Å². The van der Waals surface area contributed by atoms with E-state index in [9.17, 15) is 4.79 Å². The van der Waals surface area contributed by atoms with E-state index in [2.05, 4.69) is 41.9 Å². The molecule has 0 aliphatic carbocycles. The third kappa shape index (κ3) is 5.02. The van der Waals surface area contributed by atoms with Gasteiger partial charge in [-0.25, -0.2) is 0 Å². The molecule has 0 spiro atoms. The molecule has 0 heterocycles. The zero-order chi connectivity index (χ0) is 13.5. The maximum absolute atomic E-state index is 11.5. The van der Waals surface area contributed by atoms with E-state index in [-0.39, 0.29) is 5.97 Å². The number of rotatable bonds is 6. The quantitative estimate of drug-likeness (QED) is 0.436. The predicted octanol–water partition coefficient (Wildman–Crippen LogP) is 4.50. The molecule has 0 aromatic heterocycles. The number of ether oxygens (including phenoxy) is 1. The maximum atomic E-state index is 11.5. The van der Waals surface area contributed by atoms with Gasteiger partial charge in [-0.2, -0.15) is 0 Å². The van der Waals surface area contributed by atoms with Gasteiger partial charge < -0.3 is 4.74 Å². The highest BCUT2D eigenvalue weighted by molar-refractivity contribution is 9.10. The number of esters is 1. The Morgan fingerprint density at radius 3 is 2.72 bits per heavy atom. The molecule has 0 amide bonds. The largest absolute Gasteiger partial charge is 0.465 e. The Balaban J connectivity index is 2.48. The normalized spacial score (nSPS) is 10.4. The number of aryl methyl sites for hydroxylation is 2. The van der Waals surface area contributed by atoms with Crippen molar-refractivity contribution in [2.45, 2.75) is 38.5 Å². The Labute approximate surface area is 122 Å². The molecule has 1 aromatic rings. The number of carbonyl (C=O) groups is 1. The highest BCUT2D eigenvalue weighted by Gasteiger charge is 2.07. The fourth-order valence-electron chi connectivity index (χ4n) is 1.42. The van der Waals surface area contributed by atoms with E-state index in [1.54, 1.807) is 11.8 Å². The molecule has 1 aromatic carbocycles. The standard InChI is InChI=1S/C14H19BrO2S/c1-4-5-6-17-14(16)9-18-13-8-10(2)12(15)7-11(13)3/h7-8H,4-6,9H2,1-3H3. The summed E-state index contributed by atoms with van der Waals surface area (Å²) in [5, 5.41) is 0. The number of hydrogen-bond acceptors (Lipinski definition) is 3. The van der Waals surface area contributed by atoms with Crippen molar-refractivity contribution < 1.29 is 9.53 Å². The van der Waals surface area contributed by atoms with Crippen molar-refractivity contribution in [1.82, 2.24) is 0 Å². The Hall–Kier alpha value is -0.480. The highest BCUT2D eigenvalue weighted by atomic mass is 79.9. The van der Waals surface area contributed by atoms with Gasteiger partial charge in [-0.1, -0.05) is 29.3 Å². The first-order chi connectivity index (χ1) is 8.54. The van der Waals surface area contributed by atoms with Gasteiger partial charge in [-0.05, 0) is 43.5 Å². The van der Waals surface area contributed by atoms with Gasteiger partial charge in [0.15, 0.2) is 0 Å². The molecule has 0 radical (unpaired) electrons. The van der Waals surface area contributed by atoms with Crippen molar-refractivity contribution in [1.29, 1.82) is 0 Å². The maximum Gasteiger partial charge on any atom is 0.316 e. The summed E-state index contributed by atoms with van der Waals surface area (Å²) in [4.78, 5) is 12.6. The van der Waals surface area contributed by atoms with E-state index in [0.717, 1.165) is 22.2 Å². The van der Waals surface area contributed by atoms with E-state index in [1.165, 1.54) is 11.1 Å². The lowest BCUT2D eigenvalue weighted by Gasteiger charge is -2.08. The highest BCUT2D eigenvalue weighted by Crippen LogP contribution is 2.28. The molecular weight excluding hydrogens is 312 g/mol. The Morgan fingerprint density at radius 2 is 2.06 bits per heavy atom. The van der Waals surface area contributed by atoms with Crippen molar-refractivity contribution in [3.63, 3.8) is 0 Å². The molecular formula is C14H19BrO2S. The van der Waals surface area contributed by atoms with Crippen LogP contribution in [0.4, 0.5) is 0 Å². The molecule has 0 aliphatic rings. The van der Waals surface area contributed by atoms with E-state index in [4.69, 9.17) is 4.74 Å². The number of hydrogen-bond donors (Lipinski definition) is 0. The van der Waals surface area contributed by atoms with Crippen LogP contribution < -0.4 is 0 Å². The molecule has 0 bridgehead atoms. The van der Waals surface area contributed by atoms with Crippen LogP contribution >= 0.6 is 27.7 Å². The van der Waals surface area contributed by atoms with Gasteiger partial charge in [0.25, 0.3) is 0 Å². The third-order valence-corrected chi connectivity index (χ3v) is 4.55. The molecule has 100 valence electrons. The van der Waals surface area contributed by atoms with Crippen LogP contribution in [0.15, 0.2) is 21.5 Å². The summed E-state index contributed by atoms with van der Waals surface area (Å²) in [5.41, 5.74) is 2.36. The lowest BCUT2D eigenvalue weighted by atomic mass is 10.2. The molecule has 0 saturated heterocycles. The van der Waals surface area contributed by atoms with Crippen LogP contribution in [0.1, 0.15) is 30.9 Å². The molecule has 0 N–H and O–H groups in total. The first-order valence-corrected chi connectivity index (χ1v) is 7.87. The van der Waals surface area contributed by atoms with Crippen LogP contribution in [-0.4, -0.2) is 18.3 Å². The molecule has 0 aliphatic heterocycles. The van der Waals surface area contributed by atoms with Gasteiger partial charge in [0.2, 0.25) is 0 Å². The SMILES string of the molecule is CCCCOC(=O)CSc1cc(C)c(Br)cc1C. The minimum absolute atomic E-state index is 0.131. The first-order valence-electron chi connectivity index (χ1n) is 6.09. The lowest BCUT2D eigenvalue weighted by molar-refractivity contribution is -0.140. The molecule has 2 nitrogen and oxygen atoms in total. The van der Waals surface area contributed by atoms with E-state index < -0.39 is 0 Å². The minimum atomic E-state index is -0.131. The van der Waals surface area contributed by atoms with Crippen LogP contribution in [0, 0.1) is 13.8 Å². The van der Waals surface area contributed by atoms with Crippen LogP contribution in [-0.2, 0) is 9.53 Å². The van der Waals surface area contributed by atoms with Crippen molar-refractivity contribution in [3.8, 4) is 0 Å². The lowest BCUT2D eigenvalue weighted by Crippen LogP contribution is -2.08. The number of carbonyl (C=O) groups excluding carboxylic acids is 1. The van der Waals surface area contributed by atoms with E-state index >= 15 is 0 Å². The van der Waals surface area contributed by atoms with Crippen molar-refractivity contribution in [3.05, 3.63) is 27.7 Å². The zero-order valence-electron chi connectivity index (χ0n) is 11.1. The molecule has 0 unspecified atom stereocenters. The monoisotopic (exact) mass is 330 g/mol. The minimum Gasteiger partial charge on any atom is -0.465 e. The average molecular weight is 331 g/mol. The van der Waals surface area contributed by atoms with E-state index in [0.29, 0.717) is 12.4 Å².